The van der Waals surface area contributed by atoms with Crippen molar-refractivity contribution < 1.29 is 22.4 Å². The van der Waals surface area contributed by atoms with E-state index in [1.54, 1.807) is 31.7 Å². The number of carbonyl (C=O) groups excluding carboxylic acids is 1. The Hall–Kier alpha value is -3.69. The maximum absolute atomic E-state index is 13.2. The second kappa shape index (κ2) is 9.16. The highest BCUT2D eigenvalue weighted by molar-refractivity contribution is 5.92. The molecule has 2 aromatic heterocycles. The van der Waals surface area contributed by atoms with Crippen LogP contribution in [0.4, 0.5) is 19.0 Å². The van der Waals surface area contributed by atoms with Gasteiger partial charge >= 0.3 is 11.8 Å². The molecule has 1 amide bonds. The maximum atomic E-state index is 13.2. The van der Waals surface area contributed by atoms with Gasteiger partial charge in [0, 0.05) is 26.1 Å². The van der Waals surface area contributed by atoms with Gasteiger partial charge in [0.1, 0.15) is 11.6 Å². The number of halogens is 3. The lowest BCUT2D eigenvalue weighted by atomic mass is 9.95. The van der Waals surface area contributed by atoms with Gasteiger partial charge in [-0.25, -0.2) is 9.78 Å². The Kier molecular flexibility index (Phi) is 6.40. The molecule has 3 aromatic rings. The monoisotopic (exact) mass is 486 g/mol. The van der Waals surface area contributed by atoms with Gasteiger partial charge in [0.05, 0.1) is 16.5 Å². The largest absolute Gasteiger partial charge is 0.416 e. The van der Waals surface area contributed by atoms with Crippen molar-refractivity contribution in [2.24, 2.45) is 0 Å². The summed E-state index contributed by atoms with van der Waals surface area (Å²) >= 11 is 0. The number of nitrogens with zero attached hydrogens (tertiary/aromatic N) is 3. The number of nitrogens with one attached hydrogen (secondary N) is 1. The van der Waals surface area contributed by atoms with E-state index in [-0.39, 0.29) is 11.6 Å². The van der Waals surface area contributed by atoms with Gasteiger partial charge in [0.15, 0.2) is 0 Å². The van der Waals surface area contributed by atoms with Crippen molar-refractivity contribution in [3.8, 4) is 0 Å². The average Bonchev–Trinajstić information content (AvgIpc) is 2.78. The molecular weight excluding hydrogens is 461 g/mol. The van der Waals surface area contributed by atoms with Crippen LogP contribution >= 0.6 is 0 Å². The predicted molar refractivity (Wildman–Crippen MR) is 126 cm³/mol. The molecule has 0 aliphatic carbocycles. The van der Waals surface area contributed by atoms with E-state index in [1.165, 1.54) is 13.0 Å². The zero-order valence-electron chi connectivity index (χ0n) is 19.8. The summed E-state index contributed by atoms with van der Waals surface area (Å²) in [5, 5.41) is 3.67. The lowest BCUT2D eigenvalue weighted by Crippen LogP contribution is -2.33. The van der Waals surface area contributed by atoms with Crippen LogP contribution in [0.5, 0.6) is 0 Å². The number of aromatic nitrogens is 2. The number of hydrogen-bond acceptors (Lipinski definition) is 6. The first-order valence-electron chi connectivity index (χ1n) is 11.2. The van der Waals surface area contributed by atoms with Gasteiger partial charge in [0.25, 0.3) is 0 Å². The molecule has 0 saturated carbocycles. The number of carbonyl (C=O) groups is 1. The first-order chi connectivity index (χ1) is 16.5. The molecule has 3 heterocycles. The Morgan fingerprint density at radius 2 is 1.97 bits per heavy atom. The minimum atomic E-state index is -4.45. The minimum Gasteiger partial charge on any atom is -0.403 e. The zero-order chi connectivity index (χ0) is 25.5. The highest BCUT2D eigenvalue weighted by Crippen LogP contribution is 2.34. The summed E-state index contributed by atoms with van der Waals surface area (Å²) < 4.78 is 45.1. The minimum absolute atomic E-state index is 0.0403. The molecule has 0 saturated heterocycles. The third-order valence-corrected chi connectivity index (χ3v) is 6.17. The van der Waals surface area contributed by atoms with E-state index >= 15 is 0 Å². The topological polar surface area (TPSA) is 88.3 Å². The quantitative estimate of drug-likeness (QED) is 0.557. The average molecular weight is 486 g/mol. The van der Waals surface area contributed by atoms with Crippen LogP contribution in [0.3, 0.4) is 0 Å². The summed E-state index contributed by atoms with van der Waals surface area (Å²) in [5.74, 6) is 0.670. The van der Waals surface area contributed by atoms with Crippen LogP contribution in [-0.4, -0.2) is 33.9 Å². The molecule has 184 valence electrons. The van der Waals surface area contributed by atoms with E-state index in [2.05, 4.69) is 15.3 Å². The lowest BCUT2D eigenvalue weighted by molar-refractivity contribution is -0.137. The van der Waals surface area contributed by atoms with Crippen molar-refractivity contribution in [2.75, 3.05) is 18.4 Å². The number of alkyl halides is 3. The summed E-state index contributed by atoms with van der Waals surface area (Å²) in [4.78, 5) is 35.0. The first-order valence-corrected chi connectivity index (χ1v) is 11.2. The van der Waals surface area contributed by atoms with Crippen LogP contribution in [0.2, 0.25) is 0 Å². The van der Waals surface area contributed by atoms with Crippen LogP contribution in [-0.2, 0) is 11.0 Å². The van der Waals surface area contributed by atoms with E-state index < -0.39 is 23.4 Å². The Balaban J connectivity index is 1.77. The predicted octanol–water partition coefficient (Wildman–Crippen LogP) is 5.03. The van der Waals surface area contributed by atoms with Gasteiger partial charge in [-0.15, -0.1) is 0 Å². The molecular formula is C25H25F3N4O3. The Labute approximate surface area is 199 Å². The molecule has 1 aliphatic heterocycles. The molecule has 35 heavy (non-hydrogen) atoms. The van der Waals surface area contributed by atoms with Crippen molar-refractivity contribution in [2.45, 2.75) is 46.3 Å². The molecule has 1 N–H and O–H groups in total. The van der Waals surface area contributed by atoms with Crippen LogP contribution < -0.4 is 10.9 Å². The normalized spacial score (nSPS) is 15.2. The van der Waals surface area contributed by atoms with Crippen molar-refractivity contribution >= 4 is 28.4 Å². The highest BCUT2D eigenvalue weighted by atomic mass is 19.4. The summed E-state index contributed by atoms with van der Waals surface area (Å²) in [6, 6.07) is 4.57. The van der Waals surface area contributed by atoms with E-state index in [0.717, 1.165) is 17.7 Å². The van der Waals surface area contributed by atoms with E-state index in [1.807, 2.05) is 6.08 Å². The lowest BCUT2D eigenvalue weighted by Gasteiger charge is -2.25. The van der Waals surface area contributed by atoms with Gasteiger partial charge in [-0.2, -0.15) is 18.2 Å². The Bertz CT molecular complexity index is 1400. The number of benzene rings is 1. The molecule has 0 fully saturated rings. The number of hydrogen-bond donors (Lipinski definition) is 1. The van der Waals surface area contributed by atoms with Crippen LogP contribution in [0.15, 0.2) is 39.6 Å². The van der Waals surface area contributed by atoms with Gasteiger partial charge in [-0.1, -0.05) is 18.2 Å². The number of amides is 1. The fraction of sp³-hybridized carbons (Fsp3) is 0.360. The van der Waals surface area contributed by atoms with Crippen molar-refractivity contribution in [1.82, 2.24) is 14.9 Å². The number of anilines is 1. The molecule has 0 radical (unpaired) electrons. The van der Waals surface area contributed by atoms with Crippen molar-refractivity contribution in [1.29, 1.82) is 0 Å². The molecule has 4 rings (SSSR count). The van der Waals surface area contributed by atoms with Crippen molar-refractivity contribution in [3.63, 3.8) is 0 Å². The second-order valence-corrected chi connectivity index (χ2v) is 8.62. The summed E-state index contributed by atoms with van der Waals surface area (Å²) in [5.41, 5.74) is 1.03. The number of aryl methyl sites for hydroxylation is 2. The van der Waals surface area contributed by atoms with Crippen LogP contribution in [0, 0.1) is 13.8 Å². The van der Waals surface area contributed by atoms with Crippen LogP contribution in [0.1, 0.15) is 54.4 Å². The highest BCUT2D eigenvalue weighted by Gasteiger charge is 2.31. The van der Waals surface area contributed by atoms with E-state index in [9.17, 15) is 22.8 Å². The van der Waals surface area contributed by atoms with E-state index in [0.29, 0.717) is 53.2 Å². The zero-order valence-corrected chi connectivity index (χ0v) is 19.8. The van der Waals surface area contributed by atoms with E-state index in [4.69, 9.17) is 4.42 Å². The van der Waals surface area contributed by atoms with Gasteiger partial charge in [0.2, 0.25) is 11.6 Å². The van der Waals surface area contributed by atoms with Gasteiger partial charge in [-0.05, 0) is 56.0 Å². The molecule has 1 atom stereocenters. The molecule has 0 unspecified atom stereocenters. The van der Waals surface area contributed by atoms with Crippen LogP contribution in [0.25, 0.3) is 16.7 Å². The SMILES string of the molecule is CC(=O)N1CC=C(c2c(C)c3c(N[C@H](C)c4cccc(C(F)(F)F)c4)nc(C)nc3oc2=O)CC1. The smallest absolute Gasteiger partial charge is 0.403 e. The summed E-state index contributed by atoms with van der Waals surface area (Å²) in [7, 11) is 0. The molecule has 7 nitrogen and oxygen atoms in total. The molecule has 0 spiro atoms. The Morgan fingerprint density at radius 1 is 1.23 bits per heavy atom. The molecule has 0 bridgehead atoms. The molecule has 1 aromatic carbocycles. The number of rotatable bonds is 4. The van der Waals surface area contributed by atoms with Gasteiger partial charge < -0.3 is 14.6 Å². The number of fused-ring (bicyclic) bond motifs is 1. The standard InChI is InChI=1S/C25H25F3N4O3/c1-13-20(17-8-10-32(11-9-17)16(4)33)24(34)35-23-21(13)22(30-15(3)31-23)29-14(2)18-6-5-7-19(12-18)25(26,27)28/h5-8,12,14H,9-11H2,1-4H3,(H,29,30,31)/t14-/m1/s1. The fourth-order valence-electron chi connectivity index (χ4n) is 4.31. The summed E-state index contributed by atoms with van der Waals surface area (Å²) in [6.07, 6.45) is -2.12. The fourth-order valence-corrected chi connectivity index (χ4v) is 4.31. The third kappa shape index (κ3) is 4.91. The summed E-state index contributed by atoms with van der Waals surface area (Å²) in [6.45, 7) is 7.52. The third-order valence-electron chi connectivity index (χ3n) is 6.17. The van der Waals surface area contributed by atoms with Crippen molar-refractivity contribution in [3.05, 3.63) is 68.8 Å². The molecule has 10 heteroatoms. The van der Waals surface area contributed by atoms with Gasteiger partial charge in [-0.3, -0.25) is 4.79 Å². The first kappa shape index (κ1) is 24.4. The second-order valence-electron chi connectivity index (χ2n) is 8.62. The molecule has 1 aliphatic rings. The Morgan fingerprint density at radius 3 is 2.60 bits per heavy atom. The maximum Gasteiger partial charge on any atom is 0.416 e.